The molecule has 1 saturated heterocycles. The molecule has 0 N–H and O–H groups in total. The number of fused-ring (bicyclic) bond motifs is 1. The van der Waals surface area contributed by atoms with Gasteiger partial charge in [-0.25, -0.2) is 4.79 Å². The maximum absolute atomic E-state index is 12.1. The van der Waals surface area contributed by atoms with E-state index in [1.807, 2.05) is 25.7 Å². The van der Waals surface area contributed by atoms with Gasteiger partial charge in [0.05, 0.1) is 10.4 Å². The minimum absolute atomic E-state index is 0.200. The van der Waals surface area contributed by atoms with Crippen molar-refractivity contribution in [3.05, 3.63) is 30.0 Å². The molecule has 0 spiro atoms. The topological polar surface area (TPSA) is 42.4 Å². The van der Waals surface area contributed by atoms with Gasteiger partial charge in [0.25, 0.3) is 0 Å². The first-order chi connectivity index (χ1) is 10.4. The zero-order valence-electron chi connectivity index (χ0n) is 13.3. The summed E-state index contributed by atoms with van der Waals surface area (Å²) in [6.07, 6.45) is 1.70. The highest BCUT2D eigenvalue weighted by Crippen LogP contribution is 2.34. The predicted molar refractivity (Wildman–Crippen MR) is 89.4 cm³/mol. The molecule has 1 fully saturated rings. The van der Waals surface area contributed by atoms with Gasteiger partial charge in [0.15, 0.2) is 0 Å². The van der Waals surface area contributed by atoms with E-state index in [-0.39, 0.29) is 6.09 Å². The fourth-order valence-corrected chi connectivity index (χ4v) is 3.72. The molecule has 0 unspecified atom stereocenters. The van der Waals surface area contributed by atoms with E-state index in [0.29, 0.717) is 5.92 Å². The summed E-state index contributed by atoms with van der Waals surface area (Å²) in [6, 6.07) is 8.38. The number of rotatable bonds is 1. The SMILES string of the molecule is CC(C)(C)OC(=O)N1CCC(c2nsc3ccccc23)CC1. The molecule has 22 heavy (non-hydrogen) atoms. The number of nitrogens with zero attached hydrogens (tertiary/aromatic N) is 2. The van der Waals surface area contributed by atoms with Crippen LogP contribution in [0, 0.1) is 0 Å². The molecule has 1 amide bonds. The number of ether oxygens (including phenoxy) is 1. The Hall–Kier alpha value is -1.62. The van der Waals surface area contributed by atoms with Crippen LogP contribution < -0.4 is 0 Å². The van der Waals surface area contributed by atoms with Gasteiger partial charge in [-0.2, -0.15) is 4.37 Å². The number of benzene rings is 1. The maximum Gasteiger partial charge on any atom is 0.410 e. The summed E-state index contributed by atoms with van der Waals surface area (Å²) in [5, 5.41) is 1.27. The van der Waals surface area contributed by atoms with Crippen LogP contribution in [0.3, 0.4) is 0 Å². The van der Waals surface area contributed by atoms with Gasteiger partial charge >= 0.3 is 6.09 Å². The number of hydrogen-bond donors (Lipinski definition) is 0. The molecule has 0 atom stereocenters. The molecule has 2 heterocycles. The zero-order chi connectivity index (χ0) is 15.7. The second kappa shape index (κ2) is 5.88. The first-order valence-electron chi connectivity index (χ1n) is 7.76. The van der Waals surface area contributed by atoms with Crippen LogP contribution in [0.5, 0.6) is 0 Å². The largest absolute Gasteiger partial charge is 0.444 e. The van der Waals surface area contributed by atoms with Crippen LogP contribution in [-0.2, 0) is 4.74 Å². The predicted octanol–water partition coefficient (Wildman–Crippen LogP) is 4.41. The lowest BCUT2D eigenvalue weighted by molar-refractivity contribution is 0.0204. The molecule has 5 heteroatoms. The maximum atomic E-state index is 12.1. The van der Waals surface area contributed by atoms with Crippen molar-refractivity contribution < 1.29 is 9.53 Å². The number of carbonyl (C=O) groups excluding carboxylic acids is 1. The smallest absolute Gasteiger partial charge is 0.410 e. The number of piperidine rings is 1. The zero-order valence-corrected chi connectivity index (χ0v) is 14.2. The summed E-state index contributed by atoms with van der Waals surface area (Å²) in [5.74, 6) is 0.440. The average Bonchev–Trinajstić information content (AvgIpc) is 2.89. The van der Waals surface area contributed by atoms with Crippen LogP contribution in [0.15, 0.2) is 24.3 Å². The fourth-order valence-electron chi connectivity index (χ4n) is 2.86. The van der Waals surface area contributed by atoms with Crippen LogP contribution in [-0.4, -0.2) is 34.1 Å². The van der Waals surface area contributed by atoms with Gasteiger partial charge in [0.1, 0.15) is 5.60 Å². The van der Waals surface area contributed by atoms with Crippen molar-refractivity contribution in [2.45, 2.75) is 45.1 Å². The van der Waals surface area contributed by atoms with Gasteiger partial charge in [-0.05, 0) is 51.2 Å². The van der Waals surface area contributed by atoms with Crippen molar-refractivity contribution in [3.8, 4) is 0 Å². The molecular weight excluding hydrogens is 296 g/mol. The molecule has 0 aliphatic carbocycles. The van der Waals surface area contributed by atoms with Crippen LogP contribution in [0.25, 0.3) is 10.1 Å². The van der Waals surface area contributed by atoms with E-state index in [0.717, 1.165) is 25.9 Å². The van der Waals surface area contributed by atoms with E-state index in [9.17, 15) is 4.79 Å². The lowest BCUT2D eigenvalue weighted by Gasteiger charge is -2.33. The average molecular weight is 318 g/mol. The van der Waals surface area contributed by atoms with Crippen molar-refractivity contribution in [3.63, 3.8) is 0 Å². The van der Waals surface area contributed by atoms with Crippen molar-refractivity contribution in [2.24, 2.45) is 0 Å². The van der Waals surface area contributed by atoms with Gasteiger partial charge in [-0.3, -0.25) is 0 Å². The van der Waals surface area contributed by atoms with Crippen LogP contribution >= 0.6 is 11.5 Å². The molecule has 1 aliphatic heterocycles. The lowest BCUT2D eigenvalue weighted by Crippen LogP contribution is -2.41. The Morgan fingerprint density at radius 2 is 1.95 bits per heavy atom. The number of amides is 1. The van der Waals surface area contributed by atoms with Gasteiger partial charge in [0, 0.05) is 24.4 Å². The molecule has 3 rings (SSSR count). The molecule has 0 radical (unpaired) electrons. The Balaban J connectivity index is 1.66. The van der Waals surface area contributed by atoms with Gasteiger partial charge < -0.3 is 9.64 Å². The van der Waals surface area contributed by atoms with Gasteiger partial charge in [-0.15, -0.1) is 0 Å². The highest BCUT2D eigenvalue weighted by molar-refractivity contribution is 7.13. The van der Waals surface area contributed by atoms with Gasteiger partial charge in [0.2, 0.25) is 0 Å². The van der Waals surface area contributed by atoms with Crippen LogP contribution in [0.4, 0.5) is 4.79 Å². The lowest BCUT2D eigenvalue weighted by atomic mass is 9.92. The van der Waals surface area contributed by atoms with Crippen LogP contribution in [0.2, 0.25) is 0 Å². The minimum Gasteiger partial charge on any atom is -0.444 e. The fraction of sp³-hybridized carbons (Fsp3) is 0.529. The van der Waals surface area contributed by atoms with E-state index < -0.39 is 5.60 Å². The number of carbonyl (C=O) groups is 1. The quantitative estimate of drug-likeness (QED) is 0.782. The monoisotopic (exact) mass is 318 g/mol. The van der Waals surface area contributed by atoms with E-state index in [1.165, 1.54) is 15.8 Å². The summed E-state index contributed by atoms with van der Waals surface area (Å²) in [6.45, 7) is 7.19. The van der Waals surface area contributed by atoms with Crippen molar-refractivity contribution in [1.82, 2.24) is 9.27 Å². The third kappa shape index (κ3) is 3.24. The van der Waals surface area contributed by atoms with Crippen molar-refractivity contribution in [1.29, 1.82) is 0 Å². The molecular formula is C17H22N2O2S. The summed E-state index contributed by atoms with van der Waals surface area (Å²) >= 11 is 1.57. The number of hydrogen-bond acceptors (Lipinski definition) is 4. The van der Waals surface area contributed by atoms with E-state index >= 15 is 0 Å². The summed E-state index contributed by atoms with van der Waals surface area (Å²) in [4.78, 5) is 13.9. The van der Waals surface area contributed by atoms with Crippen molar-refractivity contribution >= 4 is 27.7 Å². The standard InChI is InChI=1S/C17H22N2O2S/c1-17(2,3)21-16(20)19-10-8-12(9-11-19)15-13-6-4-5-7-14(13)22-18-15/h4-7,12H,8-11H2,1-3H3. The third-order valence-corrected chi connectivity index (χ3v) is 4.78. The van der Waals surface area contributed by atoms with Crippen molar-refractivity contribution in [2.75, 3.05) is 13.1 Å². The Morgan fingerprint density at radius 3 is 2.64 bits per heavy atom. The second-order valence-corrected chi connectivity index (χ2v) is 7.61. The molecule has 4 nitrogen and oxygen atoms in total. The summed E-state index contributed by atoms with van der Waals surface area (Å²) < 4.78 is 11.3. The van der Waals surface area contributed by atoms with E-state index in [2.05, 4.69) is 28.6 Å². The Labute approximate surface area is 135 Å². The number of aromatic nitrogens is 1. The molecule has 0 bridgehead atoms. The highest BCUT2D eigenvalue weighted by Gasteiger charge is 2.29. The van der Waals surface area contributed by atoms with Crippen LogP contribution in [0.1, 0.15) is 45.2 Å². The Bertz CT molecular complexity index is 667. The van der Waals surface area contributed by atoms with Gasteiger partial charge in [-0.1, -0.05) is 18.2 Å². The number of likely N-dealkylation sites (tertiary alicyclic amines) is 1. The second-order valence-electron chi connectivity index (χ2n) is 6.81. The minimum atomic E-state index is -0.432. The first-order valence-corrected chi connectivity index (χ1v) is 8.53. The molecule has 0 saturated carbocycles. The molecule has 118 valence electrons. The first kappa shape index (κ1) is 15.3. The Morgan fingerprint density at radius 1 is 1.27 bits per heavy atom. The third-order valence-electron chi connectivity index (χ3n) is 3.94. The highest BCUT2D eigenvalue weighted by atomic mass is 32.1. The Kier molecular flexibility index (Phi) is 4.08. The molecule has 1 aliphatic rings. The van der Waals surface area contributed by atoms with E-state index in [4.69, 9.17) is 4.74 Å². The molecule has 1 aromatic heterocycles. The molecule has 2 aromatic rings. The normalized spacial score (nSPS) is 17.0. The molecule has 1 aromatic carbocycles. The summed E-state index contributed by atoms with van der Waals surface area (Å²) in [5.41, 5.74) is 0.767. The van der Waals surface area contributed by atoms with E-state index in [1.54, 1.807) is 11.5 Å². The summed E-state index contributed by atoms with van der Waals surface area (Å²) in [7, 11) is 0.